The summed E-state index contributed by atoms with van der Waals surface area (Å²) in [6.45, 7) is 4.51. The molecule has 0 radical (unpaired) electrons. The lowest BCUT2D eigenvalue weighted by Gasteiger charge is -2.31. The average molecular weight is 628 g/mol. The number of aryl methyl sites for hydroxylation is 1. The van der Waals surface area contributed by atoms with E-state index < -0.39 is 12.2 Å². The molecule has 1 aromatic rings. The van der Waals surface area contributed by atoms with Crippen molar-refractivity contribution in [2.24, 2.45) is 16.8 Å². The van der Waals surface area contributed by atoms with Crippen molar-refractivity contribution >= 4 is 6.21 Å². The van der Waals surface area contributed by atoms with Crippen LogP contribution >= 0.6 is 0 Å². The van der Waals surface area contributed by atoms with Gasteiger partial charge in [0.05, 0.1) is 18.1 Å². The number of phenolic OH excluding ortho intramolecular Hbond substituents is 1. The molecule has 2 heterocycles. The van der Waals surface area contributed by atoms with E-state index in [1.807, 2.05) is 30.5 Å². The molecule has 3 aliphatic rings. The molecule has 45 heavy (non-hydrogen) atoms. The second-order valence-electron chi connectivity index (χ2n) is 12.9. The van der Waals surface area contributed by atoms with Crippen LogP contribution in [-0.4, -0.2) is 87.2 Å². The molecule has 0 saturated heterocycles. The summed E-state index contributed by atoms with van der Waals surface area (Å²) in [5.41, 5.74) is 2.50. The number of nitrogens with one attached hydrogen (secondary N) is 1. The highest BCUT2D eigenvalue weighted by Crippen LogP contribution is 2.41. The first kappa shape index (κ1) is 35.3. The van der Waals surface area contributed by atoms with Crippen molar-refractivity contribution in [1.82, 2.24) is 5.32 Å². The van der Waals surface area contributed by atoms with E-state index in [0.717, 1.165) is 68.1 Å². The zero-order chi connectivity index (χ0) is 32.2. The molecule has 5 unspecified atom stereocenters. The Morgan fingerprint density at radius 3 is 2.69 bits per heavy atom. The number of benzene rings is 1. The summed E-state index contributed by atoms with van der Waals surface area (Å²) < 4.78 is 10.7. The Hall–Kier alpha value is -2.53. The van der Waals surface area contributed by atoms with E-state index in [1.165, 1.54) is 12.8 Å². The van der Waals surface area contributed by atoms with Crippen LogP contribution in [0.5, 0.6) is 11.5 Å². The molecular weight excluding hydrogens is 572 g/mol. The van der Waals surface area contributed by atoms with Crippen LogP contribution in [0.15, 0.2) is 46.6 Å². The van der Waals surface area contributed by atoms with Gasteiger partial charge in [0.25, 0.3) is 0 Å². The van der Waals surface area contributed by atoms with E-state index in [0.29, 0.717) is 36.8 Å². The largest absolute Gasteiger partial charge is 0.504 e. The van der Waals surface area contributed by atoms with Gasteiger partial charge >= 0.3 is 0 Å². The van der Waals surface area contributed by atoms with Crippen molar-refractivity contribution in [3.8, 4) is 11.5 Å². The highest BCUT2D eigenvalue weighted by Gasteiger charge is 2.43. The molecule has 4 rings (SSSR count). The summed E-state index contributed by atoms with van der Waals surface area (Å²) in [7, 11) is 0. The van der Waals surface area contributed by atoms with Crippen LogP contribution in [0.1, 0.15) is 83.6 Å². The van der Waals surface area contributed by atoms with Crippen LogP contribution in [0, 0.1) is 23.9 Å². The molecule has 2 aliphatic heterocycles. The Balaban J connectivity index is 1.35. The quantitative estimate of drug-likeness (QED) is 0.0943. The van der Waals surface area contributed by atoms with Crippen LogP contribution in [0.25, 0.3) is 0 Å². The van der Waals surface area contributed by atoms with Crippen LogP contribution in [0.3, 0.4) is 0 Å². The van der Waals surface area contributed by atoms with Gasteiger partial charge < -0.3 is 40.3 Å². The van der Waals surface area contributed by atoms with Crippen LogP contribution < -0.4 is 10.1 Å². The molecule has 0 spiro atoms. The van der Waals surface area contributed by atoms with Crippen molar-refractivity contribution in [2.45, 2.75) is 109 Å². The van der Waals surface area contributed by atoms with Gasteiger partial charge in [-0.1, -0.05) is 32.3 Å². The number of hydrogen-bond donors (Lipinski definition) is 6. The molecule has 7 N–H and O–H groups in total. The lowest BCUT2D eigenvalue weighted by Crippen LogP contribution is -2.44. The van der Waals surface area contributed by atoms with E-state index in [9.17, 15) is 25.5 Å². The number of aliphatic hydroxyl groups excluding tert-OH is 4. The first-order valence-corrected chi connectivity index (χ1v) is 17.0. The highest BCUT2D eigenvalue weighted by molar-refractivity contribution is 5.83. The van der Waals surface area contributed by atoms with Crippen LogP contribution in [-0.2, 0) is 6.42 Å². The van der Waals surface area contributed by atoms with Crippen molar-refractivity contribution < 1.29 is 35.0 Å². The maximum absolute atomic E-state index is 11.0. The van der Waals surface area contributed by atoms with E-state index in [1.54, 1.807) is 13.0 Å². The number of aliphatic imine (C=N–C) groups is 1. The van der Waals surface area contributed by atoms with Gasteiger partial charge in [0.1, 0.15) is 30.9 Å². The van der Waals surface area contributed by atoms with Gasteiger partial charge in [-0.3, -0.25) is 0 Å². The molecule has 5 atom stereocenters. The molecule has 9 nitrogen and oxygen atoms in total. The molecule has 1 saturated carbocycles. The van der Waals surface area contributed by atoms with Gasteiger partial charge in [-0.2, -0.15) is 0 Å². The topological polar surface area (TPSA) is 148 Å². The molecule has 250 valence electrons. The van der Waals surface area contributed by atoms with Crippen molar-refractivity contribution in [3.05, 3.63) is 59.2 Å². The number of ether oxygens (including phenoxy) is 2. The summed E-state index contributed by atoms with van der Waals surface area (Å²) in [4.78, 5) is 4.57. The number of hydrogen-bond acceptors (Lipinski definition) is 8. The number of nitrogens with zero attached hydrogens (tertiary/aromatic N) is 1. The summed E-state index contributed by atoms with van der Waals surface area (Å²) in [5.74, 6) is 2.03. The van der Waals surface area contributed by atoms with Gasteiger partial charge in [0.15, 0.2) is 17.6 Å². The normalized spacial score (nSPS) is 21.2. The van der Waals surface area contributed by atoms with E-state index in [4.69, 9.17) is 9.47 Å². The summed E-state index contributed by atoms with van der Waals surface area (Å²) in [6.07, 6.45) is 16.2. The van der Waals surface area contributed by atoms with Crippen molar-refractivity contribution in [3.63, 3.8) is 0 Å². The highest BCUT2D eigenvalue weighted by atomic mass is 16.5. The summed E-state index contributed by atoms with van der Waals surface area (Å²) in [5, 5.41) is 54.3. The Bertz CT molecular complexity index is 1130. The Morgan fingerprint density at radius 1 is 1.18 bits per heavy atom. The van der Waals surface area contributed by atoms with Gasteiger partial charge in [-0.25, -0.2) is 0 Å². The lowest BCUT2D eigenvalue weighted by molar-refractivity contribution is -0.0550. The average Bonchev–Trinajstić information content (AvgIpc) is 3.82. The second kappa shape index (κ2) is 18.0. The monoisotopic (exact) mass is 627 g/mol. The SMILES string of the molecule is CCCCC1[OH+][C-](CCc2ccc(O)c(OCC(O)C3=C[C+](C(C4CCCC4)C(CCCO)NCC(C)O)C=N3)c2)C=C1CO. The number of allylic oxidation sites excluding steroid dienone is 1. The zero-order valence-electron chi connectivity index (χ0n) is 27.1. The molecule has 0 aromatic heterocycles. The first-order chi connectivity index (χ1) is 21.8. The Morgan fingerprint density at radius 2 is 1.98 bits per heavy atom. The fraction of sp³-hybridized carbons (Fsp3) is 0.639. The minimum atomic E-state index is -0.970. The molecule has 0 amide bonds. The molecule has 0 bridgehead atoms. The van der Waals surface area contributed by atoms with Crippen LogP contribution in [0.2, 0.25) is 0 Å². The first-order valence-electron chi connectivity index (χ1n) is 17.0. The minimum absolute atomic E-state index is 0.0135. The van der Waals surface area contributed by atoms with E-state index in [2.05, 4.69) is 17.2 Å². The van der Waals surface area contributed by atoms with Gasteiger partial charge in [-0.05, 0) is 75.5 Å². The fourth-order valence-corrected chi connectivity index (χ4v) is 6.87. The maximum atomic E-state index is 11.0. The van der Waals surface area contributed by atoms with Crippen molar-refractivity contribution in [1.29, 1.82) is 0 Å². The van der Waals surface area contributed by atoms with E-state index >= 15 is 0 Å². The Kier molecular flexibility index (Phi) is 14.1. The summed E-state index contributed by atoms with van der Waals surface area (Å²) >= 11 is 0. The molecular formula is C36H55N2O7+. The number of phenols is 1. The number of aliphatic hydroxyl groups is 6. The minimum Gasteiger partial charge on any atom is -0.504 e. The van der Waals surface area contributed by atoms with Crippen molar-refractivity contribution in [2.75, 3.05) is 26.4 Å². The van der Waals surface area contributed by atoms with Crippen LogP contribution in [0.4, 0.5) is 0 Å². The number of rotatable bonds is 20. The third-order valence-corrected chi connectivity index (χ3v) is 9.30. The van der Waals surface area contributed by atoms with Gasteiger partial charge in [-0.15, -0.1) is 16.6 Å². The zero-order valence-corrected chi connectivity index (χ0v) is 27.1. The molecule has 1 aliphatic carbocycles. The predicted octanol–water partition coefficient (Wildman–Crippen LogP) is 4.08. The Labute approximate surface area is 269 Å². The van der Waals surface area contributed by atoms with Gasteiger partial charge in [0, 0.05) is 32.2 Å². The molecule has 9 heteroatoms. The van der Waals surface area contributed by atoms with Gasteiger partial charge in [0.2, 0.25) is 5.70 Å². The third-order valence-electron chi connectivity index (χ3n) is 9.30. The van der Waals surface area contributed by atoms with E-state index in [-0.39, 0.29) is 43.6 Å². The molecule has 1 aromatic carbocycles. The number of unbranched alkanes of at least 4 members (excludes halogenated alkanes) is 1. The molecule has 1 fully saturated rings. The predicted molar refractivity (Wildman–Crippen MR) is 177 cm³/mol. The third kappa shape index (κ3) is 10.2. The lowest BCUT2D eigenvalue weighted by atomic mass is 9.74. The fourth-order valence-electron chi connectivity index (χ4n) is 6.87. The number of aromatic hydroxyl groups is 1. The standard InChI is InChI=1S/C36H54N2O7/c1-3-4-11-34-28(22-40)18-29(45-34)14-12-25-13-15-32(42)35(17-25)44-23-33(43)31-19-27(21-38-31)36(26-8-5-6-9-26)30(10-7-16-39)37-20-24(2)41/h13,15,17-19,21,24,26,30,33-34,36-37,39-41,43,45H,3-12,14,16,20,22-23H2,1-2H3/p+1. The maximum Gasteiger partial charge on any atom is 0.207 e. The second-order valence-corrected chi connectivity index (χ2v) is 12.9. The smallest absolute Gasteiger partial charge is 0.207 e. The summed E-state index contributed by atoms with van der Waals surface area (Å²) in [6, 6.07) is 5.38.